The molecule has 424 valence electrons. The Morgan fingerprint density at radius 1 is 0.487 bits per heavy atom. The van der Waals surface area contributed by atoms with Crippen LogP contribution >= 0.6 is 11.8 Å². The maximum Gasteiger partial charge on any atom is 0.407 e. The first-order chi connectivity index (χ1) is 38.1. The highest BCUT2D eigenvalue weighted by Crippen LogP contribution is 2.46. The van der Waals surface area contributed by atoms with Crippen molar-refractivity contribution in [2.75, 3.05) is 37.8 Å². The Bertz CT molecular complexity index is 2390. The highest BCUT2D eigenvalue weighted by molar-refractivity contribution is 7.99. The van der Waals surface area contributed by atoms with Gasteiger partial charge in [0.05, 0.1) is 11.8 Å². The molecule has 4 atom stereocenters. The Labute approximate surface area is 469 Å². The number of hydrogen-bond acceptors (Lipinski definition) is 8. The predicted molar refractivity (Wildman–Crippen MR) is 314 cm³/mol. The minimum absolute atomic E-state index is 0.0288. The summed E-state index contributed by atoms with van der Waals surface area (Å²) >= 11 is 1.38. The van der Waals surface area contributed by atoms with Gasteiger partial charge in [0.15, 0.2) is 0 Å². The first kappa shape index (κ1) is 61.4. The number of aliphatic carboxylic acids is 2. The molecule has 6 rings (SSSR count). The van der Waals surface area contributed by atoms with Gasteiger partial charge in [-0.05, 0) is 94.7 Å². The topological polar surface area (TPSA) is 180 Å². The van der Waals surface area contributed by atoms with E-state index < -0.39 is 53.8 Å². The minimum atomic E-state index is -1.01. The van der Waals surface area contributed by atoms with Crippen LogP contribution < -0.4 is 16.0 Å². The Balaban J connectivity index is 1.04. The van der Waals surface area contributed by atoms with E-state index in [2.05, 4.69) is 66.2 Å². The number of ether oxygens (including phenoxy) is 2. The number of benzene rings is 4. The van der Waals surface area contributed by atoms with Crippen molar-refractivity contribution >= 4 is 41.8 Å². The number of carboxylic acid groups (broad SMARTS) is 2. The molecular formula is C65H89N3O9S. The quantitative estimate of drug-likeness (QED) is 0.0270. The molecule has 0 radical (unpaired) electrons. The molecule has 0 bridgehead atoms. The van der Waals surface area contributed by atoms with Crippen LogP contribution in [0.15, 0.2) is 97.1 Å². The van der Waals surface area contributed by atoms with Gasteiger partial charge in [0.1, 0.15) is 19.3 Å². The molecule has 13 heteroatoms. The maximum atomic E-state index is 14.1. The van der Waals surface area contributed by atoms with Gasteiger partial charge in [0.25, 0.3) is 0 Å². The van der Waals surface area contributed by atoms with Gasteiger partial charge in [-0.15, -0.1) is 0 Å². The van der Waals surface area contributed by atoms with Gasteiger partial charge >= 0.3 is 24.1 Å². The molecule has 2 unspecified atom stereocenters. The molecule has 0 saturated heterocycles. The van der Waals surface area contributed by atoms with Crippen LogP contribution in [0, 0.1) is 17.8 Å². The van der Waals surface area contributed by atoms with Crippen LogP contribution in [0.2, 0.25) is 0 Å². The average molecular weight is 1090 g/mol. The van der Waals surface area contributed by atoms with Gasteiger partial charge in [-0.3, -0.25) is 14.4 Å². The fourth-order valence-electron chi connectivity index (χ4n) is 11.5. The molecule has 4 aromatic rings. The summed E-state index contributed by atoms with van der Waals surface area (Å²) in [6.45, 7) is 5.45. The maximum absolute atomic E-state index is 14.1. The molecule has 2 aliphatic rings. The normalized spacial score (nSPS) is 14.0. The zero-order chi connectivity index (χ0) is 55.3. The highest BCUT2D eigenvalue weighted by atomic mass is 32.2. The number of carboxylic acids is 2. The third-order valence-corrected chi connectivity index (χ3v) is 17.2. The monoisotopic (exact) mass is 1090 g/mol. The van der Waals surface area contributed by atoms with Crippen molar-refractivity contribution in [1.82, 2.24) is 16.0 Å². The van der Waals surface area contributed by atoms with Crippen molar-refractivity contribution in [3.8, 4) is 22.3 Å². The Hall–Kier alpha value is -5.82. The fourth-order valence-corrected chi connectivity index (χ4v) is 12.8. The van der Waals surface area contributed by atoms with E-state index in [1.165, 1.54) is 74.3 Å². The van der Waals surface area contributed by atoms with Crippen molar-refractivity contribution in [1.29, 1.82) is 0 Å². The summed E-state index contributed by atoms with van der Waals surface area (Å²) in [4.78, 5) is 66.5. The van der Waals surface area contributed by atoms with Crippen molar-refractivity contribution < 1.29 is 43.7 Å². The van der Waals surface area contributed by atoms with Crippen LogP contribution in [0.4, 0.5) is 9.59 Å². The standard InChI is InChI=1S/C65H89N3O9S/c1-3-5-7-9-11-13-15-18-30-47(62(70)71)42-48(49(63(72)73)31-19-16-14-12-10-8-6-4-2)45-78-46-60(68-65(75)77-44-59-56-38-26-22-34-52(56)53-35-23-27-39-57(53)59)61(69)66-40-28-17-29-41-67-64(74)76-43-58-54-36-24-20-32-50(54)51-33-21-25-37-55(51)58/h20-27,32-39,47-49,58-60H,3-19,28-31,40-46H2,1-2H3,(H,66,69)(H,67,74)(H,68,75)(H,70,71)(H,72,73)/t47?,48-,49?,60-/m0/s1. The Morgan fingerprint density at radius 3 is 1.36 bits per heavy atom. The van der Waals surface area contributed by atoms with Gasteiger partial charge in [-0.2, -0.15) is 11.8 Å². The van der Waals surface area contributed by atoms with Crippen molar-refractivity contribution in [3.05, 3.63) is 119 Å². The molecule has 0 fully saturated rings. The summed E-state index contributed by atoms with van der Waals surface area (Å²) in [5.41, 5.74) is 8.97. The lowest BCUT2D eigenvalue weighted by Crippen LogP contribution is -2.49. The zero-order valence-electron chi connectivity index (χ0n) is 46.7. The first-order valence-electron chi connectivity index (χ1n) is 29.6. The second kappa shape index (κ2) is 34.2. The lowest BCUT2D eigenvalue weighted by Gasteiger charge is -2.27. The highest BCUT2D eigenvalue weighted by Gasteiger charge is 2.34. The van der Waals surface area contributed by atoms with Gasteiger partial charge in [-0.25, -0.2) is 9.59 Å². The second-order valence-electron chi connectivity index (χ2n) is 21.7. The van der Waals surface area contributed by atoms with E-state index in [0.29, 0.717) is 50.9 Å². The van der Waals surface area contributed by atoms with Gasteiger partial charge in [0, 0.05) is 30.7 Å². The Morgan fingerprint density at radius 2 is 0.897 bits per heavy atom. The largest absolute Gasteiger partial charge is 0.481 e. The number of hydrogen-bond donors (Lipinski definition) is 5. The van der Waals surface area contributed by atoms with Gasteiger partial charge in [0.2, 0.25) is 5.91 Å². The summed E-state index contributed by atoms with van der Waals surface area (Å²) < 4.78 is 11.6. The van der Waals surface area contributed by atoms with Crippen molar-refractivity contribution in [2.45, 2.75) is 173 Å². The van der Waals surface area contributed by atoms with Crippen LogP contribution in [-0.2, 0) is 23.9 Å². The smallest absolute Gasteiger partial charge is 0.407 e. The predicted octanol–water partition coefficient (Wildman–Crippen LogP) is 14.9. The zero-order valence-corrected chi connectivity index (χ0v) is 47.5. The third kappa shape index (κ3) is 19.2. The summed E-state index contributed by atoms with van der Waals surface area (Å²) in [6, 6.07) is 31.6. The number of carbonyl (C=O) groups excluding carboxylic acids is 3. The first-order valence-corrected chi connectivity index (χ1v) is 30.8. The molecule has 2 aliphatic carbocycles. The van der Waals surface area contributed by atoms with E-state index in [4.69, 9.17) is 9.47 Å². The number of nitrogens with one attached hydrogen (secondary N) is 3. The van der Waals surface area contributed by atoms with Crippen LogP contribution in [0.1, 0.15) is 189 Å². The van der Waals surface area contributed by atoms with Gasteiger partial charge < -0.3 is 35.6 Å². The van der Waals surface area contributed by atoms with E-state index in [1.807, 2.05) is 60.7 Å². The molecule has 0 aromatic heterocycles. The molecule has 4 aromatic carbocycles. The van der Waals surface area contributed by atoms with Crippen LogP contribution in [-0.4, -0.2) is 84.1 Å². The van der Waals surface area contributed by atoms with E-state index in [-0.39, 0.29) is 37.2 Å². The van der Waals surface area contributed by atoms with Crippen molar-refractivity contribution in [3.63, 3.8) is 0 Å². The molecule has 0 spiro atoms. The van der Waals surface area contributed by atoms with Crippen LogP contribution in [0.5, 0.6) is 0 Å². The molecule has 0 saturated carbocycles. The number of rotatable bonds is 39. The van der Waals surface area contributed by atoms with E-state index >= 15 is 0 Å². The molecule has 5 N–H and O–H groups in total. The molecule has 12 nitrogen and oxygen atoms in total. The SMILES string of the molecule is CCCCCCCCCCC(C[C@@H](CSC[C@H](NC(=O)OCC1c2ccccc2-c2ccccc21)C(=O)NCCCCCNC(=O)OCC1c2ccccc2-c2ccccc21)C(CCCCCCCCCC)C(=O)O)C(=O)O. The minimum Gasteiger partial charge on any atom is -0.481 e. The molecule has 3 amide bonds. The van der Waals surface area contributed by atoms with Crippen LogP contribution in [0.3, 0.4) is 0 Å². The lowest BCUT2D eigenvalue weighted by atomic mass is 9.81. The number of carbonyl (C=O) groups is 5. The van der Waals surface area contributed by atoms with Crippen LogP contribution in [0.25, 0.3) is 22.3 Å². The Kier molecular flexibility index (Phi) is 27.0. The second-order valence-corrected chi connectivity index (χ2v) is 22.7. The number of thioether (sulfide) groups is 1. The van der Waals surface area contributed by atoms with Gasteiger partial charge in [-0.1, -0.05) is 214 Å². The third-order valence-electron chi connectivity index (χ3n) is 15.9. The summed E-state index contributed by atoms with van der Waals surface area (Å²) in [6.07, 6.45) is 19.4. The molecule has 0 heterocycles. The average Bonchev–Trinajstić information content (AvgIpc) is 3.96. The lowest BCUT2D eigenvalue weighted by molar-refractivity contribution is -0.147. The number of unbranched alkanes of at least 4 members (excludes halogenated alkanes) is 16. The fraction of sp³-hybridized carbons (Fsp3) is 0.554. The molecular weight excluding hydrogens is 999 g/mol. The molecule has 0 aliphatic heterocycles. The number of alkyl carbamates (subject to hydrolysis) is 2. The molecule has 78 heavy (non-hydrogen) atoms. The number of fused-ring (bicyclic) bond motifs is 6. The van der Waals surface area contributed by atoms with E-state index in [0.717, 1.165) is 84.7 Å². The summed E-state index contributed by atoms with van der Waals surface area (Å²) in [7, 11) is 0. The van der Waals surface area contributed by atoms with E-state index in [9.17, 15) is 34.2 Å². The van der Waals surface area contributed by atoms with E-state index in [1.54, 1.807) is 0 Å². The van der Waals surface area contributed by atoms with Crippen molar-refractivity contribution in [2.24, 2.45) is 17.8 Å². The summed E-state index contributed by atoms with van der Waals surface area (Å²) in [5, 5.41) is 29.9. The summed E-state index contributed by atoms with van der Waals surface area (Å²) in [5.74, 6) is -3.82. The number of amides is 3.